The highest BCUT2D eigenvalue weighted by molar-refractivity contribution is 6.20. The number of ether oxygens (including phenoxy) is 4. The average Bonchev–Trinajstić information content (AvgIpc) is 3.03. The third-order valence-electron chi connectivity index (χ3n) is 6.81. The zero-order chi connectivity index (χ0) is 35.3. The van der Waals surface area contributed by atoms with E-state index in [0.717, 1.165) is 0 Å². The van der Waals surface area contributed by atoms with Crippen LogP contribution >= 0.6 is 0 Å². The van der Waals surface area contributed by atoms with Crippen LogP contribution in [0, 0.1) is 0 Å². The number of fused-ring (bicyclic) bond motifs is 2. The monoisotopic (exact) mass is 644 g/mol. The van der Waals surface area contributed by atoms with Crippen molar-refractivity contribution in [3.05, 3.63) is 126 Å². The molecule has 0 bridgehead atoms. The number of carbonyl (C=O) groups is 5. The molecule has 9 heteroatoms. The number of hydrogen-bond acceptors (Lipinski definition) is 9. The second kappa shape index (κ2) is 14.4. The first-order valence-corrected chi connectivity index (χ1v) is 14.5. The van der Waals surface area contributed by atoms with Crippen molar-refractivity contribution in [2.24, 2.45) is 0 Å². The summed E-state index contributed by atoms with van der Waals surface area (Å²) in [6, 6.07) is 16.0. The van der Waals surface area contributed by atoms with Crippen molar-refractivity contribution in [3.8, 4) is 23.0 Å². The minimum Gasteiger partial charge on any atom is -0.423 e. The van der Waals surface area contributed by atoms with Crippen LogP contribution in [0.3, 0.4) is 0 Å². The molecule has 0 amide bonds. The first kappa shape index (κ1) is 34.5. The molecule has 0 aliphatic carbocycles. The Bertz CT molecular complexity index is 2130. The number of rotatable bonds is 11. The van der Waals surface area contributed by atoms with Crippen LogP contribution in [0.4, 0.5) is 0 Å². The van der Waals surface area contributed by atoms with E-state index in [4.69, 9.17) is 18.9 Å². The van der Waals surface area contributed by atoms with E-state index in [9.17, 15) is 24.0 Å². The Labute approximate surface area is 277 Å². The molecule has 4 aromatic rings. The van der Waals surface area contributed by atoms with Crippen molar-refractivity contribution in [3.63, 3.8) is 0 Å². The highest BCUT2D eigenvalue weighted by atomic mass is 16.6. The van der Waals surface area contributed by atoms with E-state index in [1.165, 1.54) is 70.2 Å². The first-order valence-electron chi connectivity index (χ1n) is 14.5. The fraction of sp³-hybridized carbons (Fsp3) is 0.103. The van der Waals surface area contributed by atoms with Crippen LogP contribution in [0.15, 0.2) is 115 Å². The lowest BCUT2D eigenvalue weighted by Crippen LogP contribution is -2.12. The summed E-state index contributed by atoms with van der Waals surface area (Å²) in [5.41, 5.74) is 1.06. The van der Waals surface area contributed by atoms with Crippen LogP contribution in [0.25, 0.3) is 27.6 Å². The Morgan fingerprint density at radius 3 is 1.77 bits per heavy atom. The standard InChI is InChI=1S/C39H32O9/c1-21(2)36(41)45-27-15-13-25(33(20-27)47-38(43)23(5)6)14-17-31(40)29-16-18-32(46-37(42)22(3)4)34-30(29)19-26-11-9-10-12-28(26)35(34)48-39(44)24(7)8/h9-20H,1,3,5,7H2,2,4,6,8H3. The summed E-state index contributed by atoms with van der Waals surface area (Å²) in [4.78, 5) is 63.7. The lowest BCUT2D eigenvalue weighted by molar-refractivity contribution is -0.131. The number of esters is 4. The number of allylic oxidation sites excluding steroid dienone is 1. The van der Waals surface area contributed by atoms with Gasteiger partial charge in [-0.1, -0.05) is 50.6 Å². The lowest BCUT2D eigenvalue weighted by Gasteiger charge is -2.17. The van der Waals surface area contributed by atoms with Crippen molar-refractivity contribution in [2.75, 3.05) is 0 Å². The fourth-order valence-corrected chi connectivity index (χ4v) is 4.32. The molecular formula is C39H32O9. The fourth-order valence-electron chi connectivity index (χ4n) is 4.32. The molecule has 4 rings (SSSR count). The Hall–Kier alpha value is -6.35. The molecule has 4 aromatic carbocycles. The van der Waals surface area contributed by atoms with Gasteiger partial charge in [0.2, 0.25) is 0 Å². The van der Waals surface area contributed by atoms with Crippen LogP contribution < -0.4 is 18.9 Å². The molecule has 48 heavy (non-hydrogen) atoms. The van der Waals surface area contributed by atoms with Gasteiger partial charge in [0, 0.05) is 50.3 Å². The zero-order valence-electron chi connectivity index (χ0n) is 26.9. The third-order valence-corrected chi connectivity index (χ3v) is 6.81. The largest absolute Gasteiger partial charge is 0.423 e. The van der Waals surface area contributed by atoms with Gasteiger partial charge < -0.3 is 18.9 Å². The first-order chi connectivity index (χ1) is 22.7. The van der Waals surface area contributed by atoms with Gasteiger partial charge in [0.05, 0.1) is 5.39 Å². The van der Waals surface area contributed by atoms with Crippen molar-refractivity contribution < 1.29 is 42.9 Å². The van der Waals surface area contributed by atoms with Crippen LogP contribution in [0.5, 0.6) is 23.0 Å². The predicted octanol–water partition coefficient (Wildman–Crippen LogP) is 7.82. The summed E-state index contributed by atoms with van der Waals surface area (Å²) in [5.74, 6) is -3.09. The summed E-state index contributed by atoms with van der Waals surface area (Å²) in [6.07, 6.45) is 2.69. The summed E-state index contributed by atoms with van der Waals surface area (Å²) >= 11 is 0. The molecular weight excluding hydrogens is 612 g/mol. The molecule has 9 nitrogen and oxygen atoms in total. The smallest absolute Gasteiger partial charge is 0.338 e. The van der Waals surface area contributed by atoms with Crippen molar-refractivity contribution in [2.45, 2.75) is 27.7 Å². The van der Waals surface area contributed by atoms with Crippen LogP contribution in [0.2, 0.25) is 0 Å². The van der Waals surface area contributed by atoms with E-state index < -0.39 is 29.7 Å². The van der Waals surface area contributed by atoms with Gasteiger partial charge in [0.25, 0.3) is 0 Å². The summed E-state index contributed by atoms with van der Waals surface area (Å²) in [6.45, 7) is 20.4. The molecule has 0 aliphatic heterocycles. The Morgan fingerprint density at radius 1 is 0.583 bits per heavy atom. The predicted molar refractivity (Wildman–Crippen MR) is 183 cm³/mol. The van der Waals surface area contributed by atoms with Gasteiger partial charge in [-0.3, -0.25) is 4.79 Å². The minimum absolute atomic E-state index is 0.00552. The van der Waals surface area contributed by atoms with Gasteiger partial charge in [0.1, 0.15) is 17.2 Å². The van der Waals surface area contributed by atoms with E-state index in [1.54, 1.807) is 30.3 Å². The Kier molecular flexibility index (Phi) is 10.3. The van der Waals surface area contributed by atoms with Crippen LogP contribution in [0.1, 0.15) is 43.6 Å². The number of benzene rings is 4. The van der Waals surface area contributed by atoms with Gasteiger partial charge in [-0.25, -0.2) is 19.2 Å². The zero-order valence-corrected chi connectivity index (χ0v) is 26.9. The molecule has 0 fully saturated rings. The van der Waals surface area contributed by atoms with E-state index in [1.807, 2.05) is 0 Å². The van der Waals surface area contributed by atoms with Gasteiger partial charge in [-0.15, -0.1) is 0 Å². The highest BCUT2D eigenvalue weighted by Crippen LogP contribution is 2.42. The van der Waals surface area contributed by atoms with Gasteiger partial charge in [-0.2, -0.15) is 0 Å². The number of ketones is 1. The van der Waals surface area contributed by atoms with Crippen LogP contribution in [-0.2, 0) is 19.2 Å². The van der Waals surface area contributed by atoms with Gasteiger partial charge in [-0.05, 0) is 75.6 Å². The van der Waals surface area contributed by atoms with E-state index >= 15 is 0 Å². The summed E-state index contributed by atoms with van der Waals surface area (Å²) in [7, 11) is 0. The molecule has 0 spiro atoms. The van der Waals surface area contributed by atoms with E-state index in [0.29, 0.717) is 21.7 Å². The van der Waals surface area contributed by atoms with Gasteiger partial charge in [0.15, 0.2) is 11.5 Å². The average molecular weight is 645 g/mol. The molecule has 0 saturated heterocycles. The third kappa shape index (κ3) is 7.71. The molecule has 0 unspecified atom stereocenters. The lowest BCUT2D eigenvalue weighted by atomic mass is 9.95. The highest BCUT2D eigenvalue weighted by Gasteiger charge is 2.23. The normalized spacial score (nSPS) is 10.8. The quantitative estimate of drug-likeness (QED) is 0.0529. The Morgan fingerprint density at radius 2 is 1.15 bits per heavy atom. The molecule has 0 N–H and O–H groups in total. The Balaban J connectivity index is 1.89. The second-order valence-corrected chi connectivity index (χ2v) is 11.0. The van der Waals surface area contributed by atoms with Crippen LogP contribution in [-0.4, -0.2) is 29.7 Å². The van der Waals surface area contributed by atoms with Crippen molar-refractivity contribution >= 4 is 57.3 Å². The topological polar surface area (TPSA) is 122 Å². The maximum absolute atomic E-state index is 13.8. The van der Waals surface area contributed by atoms with Crippen molar-refractivity contribution in [1.82, 2.24) is 0 Å². The molecule has 0 radical (unpaired) electrons. The SMILES string of the molecule is C=C(C)C(=O)Oc1ccc(C=CC(=O)c2ccc(OC(=O)C(=C)C)c3c(OC(=O)C(=C)C)c4ccccc4cc23)c(OC(=O)C(=C)C)c1. The maximum atomic E-state index is 13.8. The number of hydrogen-bond donors (Lipinski definition) is 0. The number of carbonyl (C=O) groups excluding carboxylic acids is 5. The molecule has 0 aromatic heterocycles. The summed E-state index contributed by atoms with van der Waals surface area (Å²) in [5, 5.41) is 1.71. The maximum Gasteiger partial charge on any atom is 0.338 e. The van der Waals surface area contributed by atoms with E-state index in [2.05, 4.69) is 26.3 Å². The second-order valence-electron chi connectivity index (χ2n) is 11.0. The van der Waals surface area contributed by atoms with Gasteiger partial charge >= 0.3 is 23.9 Å². The summed E-state index contributed by atoms with van der Waals surface area (Å²) < 4.78 is 22.2. The molecule has 0 heterocycles. The molecule has 0 aliphatic rings. The van der Waals surface area contributed by atoms with Crippen molar-refractivity contribution in [1.29, 1.82) is 0 Å². The molecule has 0 saturated carbocycles. The van der Waals surface area contributed by atoms with E-state index in [-0.39, 0.29) is 56.2 Å². The molecule has 242 valence electrons. The molecule has 0 atom stereocenters. The minimum atomic E-state index is -0.728.